The molecule has 3 heterocycles. The van der Waals surface area contributed by atoms with Crippen LogP contribution in [-0.2, 0) is 13.2 Å². The molecule has 2 N–H and O–H groups in total. The largest absolute Gasteiger partial charge is 0.486 e. The lowest BCUT2D eigenvalue weighted by atomic mass is 10.2. The predicted molar refractivity (Wildman–Crippen MR) is 92.6 cm³/mol. The van der Waals surface area contributed by atoms with Crippen LogP contribution in [0.4, 0.5) is 4.79 Å². The summed E-state index contributed by atoms with van der Waals surface area (Å²) in [5.74, 6) is 0.565. The zero-order valence-electron chi connectivity index (χ0n) is 13.4. The number of nitrogens with one attached hydrogen (secondary N) is 2. The van der Waals surface area contributed by atoms with Crippen molar-refractivity contribution in [3.8, 4) is 5.75 Å². The van der Waals surface area contributed by atoms with Gasteiger partial charge in [0.05, 0.1) is 11.6 Å². The summed E-state index contributed by atoms with van der Waals surface area (Å²) >= 11 is 6.29. The summed E-state index contributed by atoms with van der Waals surface area (Å²) in [6.45, 7) is 2.39. The lowest BCUT2D eigenvalue weighted by Crippen LogP contribution is -2.47. The van der Waals surface area contributed by atoms with Crippen LogP contribution in [0.5, 0.6) is 5.75 Å². The summed E-state index contributed by atoms with van der Waals surface area (Å²) in [5.41, 5.74) is 2.50. The summed E-state index contributed by atoms with van der Waals surface area (Å²) < 4.78 is 10.5. The molecular weight excluding hydrogens is 344 g/mol. The van der Waals surface area contributed by atoms with E-state index in [0.29, 0.717) is 23.0 Å². The molecule has 1 aliphatic heterocycles. The third-order valence-corrected chi connectivity index (χ3v) is 4.46. The minimum atomic E-state index is -0.0282. The van der Waals surface area contributed by atoms with Crippen molar-refractivity contribution in [1.29, 1.82) is 0 Å². The number of ether oxygens (including phenoxy) is 1. The van der Waals surface area contributed by atoms with Gasteiger partial charge in [0.15, 0.2) is 0 Å². The summed E-state index contributed by atoms with van der Waals surface area (Å²) in [5, 5.41) is 8.19. The quantitative estimate of drug-likeness (QED) is 0.731. The number of rotatable bonds is 5. The van der Waals surface area contributed by atoms with E-state index in [9.17, 15) is 4.79 Å². The van der Waals surface area contributed by atoms with Gasteiger partial charge < -0.3 is 24.5 Å². The van der Waals surface area contributed by atoms with Crippen molar-refractivity contribution in [2.24, 2.45) is 0 Å². The lowest BCUT2D eigenvalue weighted by molar-refractivity contribution is 0.167. The van der Waals surface area contributed by atoms with Crippen molar-refractivity contribution in [3.05, 3.63) is 46.9 Å². The van der Waals surface area contributed by atoms with Gasteiger partial charge in [-0.25, -0.2) is 4.79 Å². The molecule has 0 radical (unpaired) electrons. The first-order valence-corrected chi connectivity index (χ1v) is 8.43. The maximum absolute atomic E-state index is 11.9. The van der Waals surface area contributed by atoms with Crippen molar-refractivity contribution in [3.63, 3.8) is 0 Å². The van der Waals surface area contributed by atoms with E-state index in [1.807, 2.05) is 18.2 Å². The number of nitrogens with zero attached hydrogens (tertiary/aromatic N) is 2. The van der Waals surface area contributed by atoms with Gasteiger partial charge in [0.1, 0.15) is 24.3 Å². The SMILES string of the molecule is O=C(NCc1cc2cc(Cl)c(OCc3ccon3)cc2[nH]1)N1CCC1. The molecule has 1 aromatic carbocycles. The molecule has 0 atom stereocenters. The number of fused-ring (bicyclic) bond motifs is 1. The zero-order chi connectivity index (χ0) is 17.2. The topological polar surface area (TPSA) is 83.4 Å². The number of halogens is 1. The van der Waals surface area contributed by atoms with Gasteiger partial charge in [-0.15, -0.1) is 0 Å². The number of hydrogen-bond donors (Lipinski definition) is 2. The van der Waals surface area contributed by atoms with Crippen LogP contribution in [0.2, 0.25) is 5.02 Å². The molecule has 0 bridgehead atoms. The summed E-state index contributed by atoms with van der Waals surface area (Å²) in [6.07, 6.45) is 2.57. The van der Waals surface area contributed by atoms with Crippen molar-refractivity contribution in [2.45, 2.75) is 19.6 Å². The van der Waals surface area contributed by atoms with E-state index >= 15 is 0 Å². The van der Waals surface area contributed by atoms with E-state index < -0.39 is 0 Å². The highest BCUT2D eigenvalue weighted by molar-refractivity contribution is 6.32. The van der Waals surface area contributed by atoms with Crippen molar-refractivity contribution in [1.82, 2.24) is 20.4 Å². The number of H-pyrrole nitrogens is 1. The van der Waals surface area contributed by atoms with Crippen LogP contribution in [0.3, 0.4) is 0 Å². The maximum atomic E-state index is 11.9. The highest BCUT2D eigenvalue weighted by Crippen LogP contribution is 2.31. The molecule has 0 saturated carbocycles. The number of hydrogen-bond acceptors (Lipinski definition) is 4. The van der Waals surface area contributed by atoms with Crippen molar-refractivity contribution < 1.29 is 14.1 Å². The fourth-order valence-corrected chi connectivity index (χ4v) is 2.89. The van der Waals surface area contributed by atoms with Gasteiger partial charge in [-0.3, -0.25) is 0 Å². The molecule has 4 rings (SSSR count). The fraction of sp³-hybridized carbons (Fsp3) is 0.294. The number of amides is 2. The lowest BCUT2D eigenvalue weighted by Gasteiger charge is -2.30. The van der Waals surface area contributed by atoms with Crippen LogP contribution in [-0.4, -0.2) is 34.2 Å². The molecule has 1 fully saturated rings. The average molecular weight is 361 g/mol. The Labute approximate surface area is 148 Å². The summed E-state index contributed by atoms with van der Waals surface area (Å²) in [7, 11) is 0. The van der Waals surface area contributed by atoms with E-state index in [0.717, 1.165) is 36.1 Å². The van der Waals surface area contributed by atoms with Crippen LogP contribution in [0.25, 0.3) is 10.9 Å². The molecule has 2 aromatic heterocycles. The first kappa shape index (κ1) is 15.8. The number of aromatic amines is 1. The Kier molecular flexibility index (Phi) is 4.23. The highest BCUT2D eigenvalue weighted by Gasteiger charge is 2.19. The molecule has 3 aromatic rings. The second-order valence-electron chi connectivity index (χ2n) is 5.94. The number of carbonyl (C=O) groups excluding carboxylic acids is 1. The van der Waals surface area contributed by atoms with Crippen LogP contribution in [0.15, 0.2) is 35.1 Å². The standard InChI is InChI=1S/C17H17ClN4O3/c18-14-7-11-6-13(9-19-17(23)22-3-1-4-22)20-15(11)8-16(14)24-10-12-2-5-25-21-12/h2,5-8,20H,1,3-4,9-10H2,(H,19,23). The Hall–Kier alpha value is -2.67. The Morgan fingerprint density at radius 3 is 3.00 bits per heavy atom. The number of benzene rings is 1. The monoisotopic (exact) mass is 360 g/mol. The van der Waals surface area contributed by atoms with Crippen LogP contribution in [0, 0.1) is 0 Å². The van der Waals surface area contributed by atoms with Gasteiger partial charge in [-0.2, -0.15) is 0 Å². The number of likely N-dealkylation sites (tertiary alicyclic amines) is 1. The minimum Gasteiger partial charge on any atom is -0.486 e. The molecule has 8 heteroatoms. The number of aromatic nitrogens is 2. The smallest absolute Gasteiger partial charge is 0.317 e. The maximum Gasteiger partial charge on any atom is 0.317 e. The first-order valence-electron chi connectivity index (χ1n) is 8.05. The highest BCUT2D eigenvalue weighted by atomic mass is 35.5. The Morgan fingerprint density at radius 1 is 1.40 bits per heavy atom. The average Bonchev–Trinajstić information content (AvgIpc) is 3.17. The molecule has 130 valence electrons. The number of urea groups is 1. The predicted octanol–water partition coefficient (Wildman–Crippen LogP) is 3.30. The van der Waals surface area contributed by atoms with Gasteiger partial charge in [0.2, 0.25) is 0 Å². The zero-order valence-corrected chi connectivity index (χ0v) is 14.2. The van der Waals surface area contributed by atoms with E-state index in [1.54, 1.807) is 11.0 Å². The number of carbonyl (C=O) groups is 1. The Bertz CT molecular complexity index is 887. The van der Waals surface area contributed by atoms with Gasteiger partial charge in [-0.1, -0.05) is 16.8 Å². The molecule has 1 saturated heterocycles. The van der Waals surface area contributed by atoms with Crippen LogP contribution in [0.1, 0.15) is 17.8 Å². The molecule has 0 spiro atoms. The molecular formula is C17H17ClN4O3. The summed E-state index contributed by atoms with van der Waals surface area (Å²) in [6, 6.07) is 7.36. The molecule has 25 heavy (non-hydrogen) atoms. The van der Waals surface area contributed by atoms with E-state index in [-0.39, 0.29) is 12.6 Å². The van der Waals surface area contributed by atoms with Crippen molar-refractivity contribution >= 4 is 28.5 Å². The normalized spacial score (nSPS) is 13.7. The van der Waals surface area contributed by atoms with Gasteiger partial charge in [-0.05, 0) is 18.6 Å². The van der Waals surface area contributed by atoms with Gasteiger partial charge in [0, 0.05) is 41.8 Å². The molecule has 0 aliphatic carbocycles. The third kappa shape index (κ3) is 3.41. The molecule has 1 aliphatic rings. The Morgan fingerprint density at radius 2 is 2.28 bits per heavy atom. The Balaban J connectivity index is 1.45. The van der Waals surface area contributed by atoms with E-state index in [1.165, 1.54) is 6.26 Å². The van der Waals surface area contributed by atoms with Crippen molar-refractivity contribution in [2.75, 3.05) is 13.1 Å². The molecule has 7 nitrogen and oxygen atoms in total. The molecule has 2 amide bonds. The molecule has 0 unspecified atom stereocenters. The first-order chi connectivity index (χ1) is 12.2. The van der Waals surface area contributed by atoms with Gasteiger partial charge >= 0.3 is 6.03 Å². The second kappa shape index (κ2) is 6.68. The summed E-state index contributed by atoms with van der Waals surface area (Å²) in [4.78, 5) is 16.9. The minimum absolute atomic E-state index is 0.0282. The van der Waals surface area contributed by atoms with Crippen LogP contribution < -0.4 is 10.1 Å². The van der Waals surface area contributed by atoms with E-state index in [2.05, 4.69) is 15.5 Å². The third-order valence-electron chi connectivity index (χ3n) is 4.17. The van der Waals surface area contributed by atoms with Gasteiger partial charge in [0.25, 0.3) is 0 Å². The van der Waals surface area contributed by atoms with E-state index in [4.69, 9.17) is 20.9 Å². The fourth-order valence-electron chi connectivity index (χ4n) is 2.66. The second-order valence-corrected chi connectivity index (χ2v) is 6.35. The van der Waals surface area contributed by atoms with Crippen LogP contribution >= 0.6 is 11.6 Å².